The lowest BCUT2D eigenvalue weighted by atomic mass is 10.1. The highest BCUT2D eigenvalue weighted by Crippen LogP contribution is 2.39. The zero-order valence-electron chi connectivity index (χ0n) is 22.8. The van der Waals surface area contributed by atoms with E-state index in [2.05, 4.69) is 56.4 Å². The summed E-state index contributed by atoms with van der Waals surface area (Å²) in [5.41, 5.74) is 5.20. The molecule has 0 bridgehead atoms. The Labute approximate surface area is 242 Å². The molecule has 0 unspecified atom stereocenters. The van der Waals surface area contributed by atoms with Gasteiger partial charge in [0, 0.05) is 61.6 Å². The van der Waals surface area contributed by atoms with E-state index < -0.39 is 10.0 Å². The van der Waals surface area contributed by atoms with Crippen LogP contribution >= 0.6 is 11.3 Å². The van der Waals surface area contributed by atoms with Crippen molar-refractivity contribution in [1.82, 2.24) is 29.4 Å². The molecule has 0 atom stereocenters. The number of H-pyrrole nitrogens is 1. The van der Waals surface area contributed by atoms with Crippen molar-refractivity contribution in [3.05, 3.63) is 60.3 Å². The molecule has 3 aromatic heterocycles. The van der Waals surface area contributed by atoms with Gasteiger partial charge in [-0.1, -0.05) is 30.3 Å². The first-order chi connectivity index (χ1) is 19.9. The number of fused-ring (bicyclic) bond motifs is 2. The van der Waals surface area contributed by atoms with Crippen molar-refractivity contribution in [2.75, 3.05) is 63.6 Å². The molecule has 10 nitrogen and oxygen atoms in total. The summed E-state index contributed by atoms with van der Waals surface area (Å²) in [6.45, 7) is 6.24. The van der Waals surface area contributed by atoms with Gasteiger partial charge >= 0.3 is 0 Å². The fourth-order valence-electron chi connectivity index (χ4n) is 5.63. The van der Waals surface area contributed by atoms with Crippen molar-refractivity contribution >= 4 is 48.3 Å². The first-order valence-corrected chi connectivity index (χ1v) is 16.4. The second-order valence-electron chi connectivity index (χ2n) is 10.6. The van der Waals surface area contributed by atoms with Crippen molar-refractivity contribution in [1.29, 1.82) is 0 Å². The van der Waals surface area contributed by atoms with E-state index >= 15 is 0 Å². The average Bonchev–Trinajstić information content (AvgIpc) is 3.65. The Bertz CT molecular complexity index is 1820. The van der Waals surface area contributed by atoms with E-state index in [1.807, 2.05) is 18.3 Å². The third-order valence-corrected chi connectivity index (χ3v) is 10.3. The third-order valence-electron chi connectivity index (χ3n) is 7.81. The van der Waals surface area contributed by atoms with Gasteiger partial charge in [0.1, 0.15) is 0 Å². The molecule has 2 aliphatic heterocycles. The molecule has 7 rings (SSSR count). The van der Waals surface area contributed by atoms with E-state index in [1.165, 1.54) is 11.8 Å². The van der Waals surface area contributed by atoms with E-state index in [9.17, 15) is 8.42 Å². The van der Waals surface area contributed by atoms with Crippen LogP contribution in [-0.2, 0) is 21.3 Å². The van der Waals surface area contributed by atoms with E-state index in [-0.39, 0.29) is 0 Å². The van der Waals surface area contributed by atoms with Gasteiger partial charge in [0.25, 0.3) is 0 Å². The number of thiophene rings is 1. The maximum atomic E-state index is 11.9. The molecule has 2 saturated heterocycles. The Hall–Kier alpha value is -3.42. The second kappa shape index (κ2) is 10.8. The molecule has 2 aliphatic rings. The fourth-order valence-corrected chi connectivity index (χ4v) is 7.57. The van der Waals surface area contributed by atoms with E-state index in [0.717, 1.165) is 75.7 Å². The summed E-state index contributed by atoms with van der Waals surface area (Å²) in [6.07, 6.45) is 3.12. The minimum atomic E-state index is -3.14. The Balaban J connectivity index is 1.23. The average molecular weight is 590 g/mol. The molecule has 2 aromatic carbocycles. The van der Waals surface area contributed by atoms with Crippen molar-refractivity contribution in [2.24, 2.45) is 0 Å². The third kappa shape index (κ3) is 5.33. The maximum absolute atomic E-state index is 11.9. The van der Waals surface area contributed by atoms with Crippen molar-refractivity contribution in [2.45, 2.75) is 6.54 Å². The van der Waals surface area contributed by atoms with Crippen LogP contribution in [0.5, 0.6) is 0 Å². The second-order valence-corrected chi connectivity index (χ2v) is 13.6. The number of hydrogen-bond acceptors (Lipinski definition) is 9. The number of nitrogens with one attached hydrogen (secondary N) is 1. The van der Waals surface area contributed by atoms with Crippen LogP contribution in [0.2, 0.25) is 0 Å². The molecule has 5 heterocycles. The van der Waals surface area contributed by atoms with E-state index in [4.69, 9.17) is 14.7 Å². The summed E-state index contributed by atoms with van der Waals surface area (Å²) in [4.78, 5) is 15.9. The lowest BCUT2D eigenvalue weighted by Gasteiger charge is -2.33. The Morgan fingerprint density at radius 3 is 2.59 bits per heavy atom. The number of piperazine rings is 1. The van der Waals surface area contributed by atoms with E-state index in [0.29, 0.717) is 32.1 Å². The molecule has 0 amide bonds. The molecule has 12 heteroatoms. The number of sulfonamides is 1. The van der Waals surface area contributed by atoms with Crippen LogP contribution in [0.1, 0.15) is 5.56 Å². The van der Waals surface area contributed by atoms with Gasteiger partial charge in [-0.05, 0) is 29.3 Å². The van der Waals surface area contributed by atoms with Crippen molar-refractivity contribution in [3.8, 4) is 21.8 Å². The summed E-state index contributed by atoms with van der Waals surface area (Å²) in [7, 11) is -3.14. The molecule has 41 heavy (non-hydrogen) atoms. The van der Waals surface area contributed by atoms with Crippen LogP contribution in [0.3, 0.4) is 0 Å². The van der Waals surface area contributed by atoms with Crippen LogP contribution in [-0.4, -0.2) is 96.5 Å². The van der Waals surface area contributed by atoms with Gasteiger partial charge in [0.15, 0.2) is 11.6 Å². The van der Waals surface area contributed by atoms with Gasteiger partial charge in [-0.3, -0.25) is 10.00 Å². The Morgan fingerprint density at radius 1 is 0.976 bits per heavy atom. The van der Waals surface area contributed by atoms with Gasteiger partial charge in [-0.15, -0.1) is 11.3 Å². The summed E-state index contributed by atoms with van der Waals surface area (Å²) >= 11 is 1.72. The lowest BCUT2D eigenvalue weighted by Crippen LogP contribution is -2.47. The van der Waals surface area contributed by atoms with Gasteiger partial charge in [-0.2, -0.15) is 9.40 Å². The van der Waals surface area contributed by atoms with Crippen molar-refractivity contribution in [3.63, 3.8) is 0 Å². The quantitative estimate of drug-likeness (QED) is 0.319. The summed E-state index contributed by atoms with van der Waals surface area (Å²) < 4.78 is 32.0. The van der Waals surface area contributed by atoms with Gasteiger partial charge in [-0.25, -0.2) is 18.4 Å². The predicted molar refractivity (Wildman–Crippen MR) is 163 cm³/mol. The molecule has 2 fully saturated rings. The molecule has 0 saturated carbocycles. The van der Waals surface area contributed by atoms with Crippen LogP contribution in [0.4, 0.5) is 5.82 Å². The molecule has 0 radical (unpaired) electrons. The molecule has 212 valence electrons. The molecular formula is C29H31N7O3S2. The standard InChI is InChI=1S/C29H31N7O3S2/c1-41(37,38)36-10-8-34(9-11-36)19-20-4-2-5-21(16-20)26-17-25-27(40-26)29(35-12-14-39-15-13-35)32-28(31-25)22-6-3-7-24-23(22)18-30-33-24/h2-7,16-18H,8-15,19H2,1H3,(H,30,33). The molecule has 1 N–H and O–H groups in total. The highest BCUT2D eigenvalue weighted by molar-refractivity contribution is 7.88. The molecule has 0 spiro atoms. The number of aromatic nitrogens is 4. The minimum Gasteiger partial charge on any atom is -0.378 e. The molecule has 5 aromatic rings. The zero-order valence-corrected chi connectivity index (χ0v) is 24.4. The number of aromatic amines is 1. The van der Waals surface area contributed by atoms with E-state index in [1.54, 1.807) is 15.6 Å². The van der Waals surface area contributed by atoms with Gasteiger partial charge < -0.3 is 9.64 Å². The van der Waals surface area contributed by atoms with Gasteiger partial charge in [0.05, 0.1) is 41.4 Å². The number of nitrogens with zero attached hydrogens (tertiary/aromatic N) is 6. The van der Waals surface area contributed by atoms with Gasteiger partial charge in [0.2, 0.25) is 10.0 Å². The Morgan fingerprint density at radius 2 is 1.78 bits per heavy atom. The van der Waals surface area contributed by atoms with Crippen LogP contribution in [0.15, 0.2) is 54.7 Å². The number of rotatable bonds is 6. The smallest absolute Gasteiger partial charge is 0.211 e. The largest absolute Gasteiger partial charge is 0.378 e. The monoisotopic (exact) mass is 589 g/mol. The maximum Gasteiger partial charge on any atom is 0.211 e. The van der Waals surface area contributed by atoms with Crippen molar-refractivity contribution < 1.29 is 13.2 Å². The number of ether oxygens (including phenoxy) is 1. The molecular weight excluding hydrogens is 558 g/mol. The topological polar surface area (TPSA) is 108 Å². The zero-order chi connectivity index (χ0) is 28.0. The molecule has 0 aliphatic carbocycles. The summed E-state index contributed by atoms with van der Waals surface area (Å²) in [5.74, 6) is 1.64. The van der Waals surface area contributed by atoms with Crippen LogP contribution in [0.25, 0.3) is 42.9 Å². The highest BCUT2D eigenvalue weighted by Gasteiger charge is 2.24. The highest BCUT2D eigenvalue weighted by atomic mass is 32.2. The number of anilines is 1. The number of benzene rings is 2. The fraction of sp³-hybridized carbons (Fsp3) is 0.345. The number of morpholine rings is 1. The predicted octanol–water partition coefficient (Wildman–Crippen LogP) is 3.82. The first-order valence-electron chi connectivity index (χ1n) is 13.8. The summed E-state index contributed by atoms with van der Waals surface area (Å²) in [5, 5.41) is 8.28. The number of hydrogen-bond donors (Lipinski definition) is 1. The normalized spacial score (nSPS) is 17.5. The lowest BCUT2D eigenvalue weighted by molar-refractivity contribution is 0.122. The SMILES string of the molecule is CS(=O)(=O)N1CCN(Cc2cccc(-c3cc4nc(-c5cccc6[nH]ncc56)nc(N5CCOCC5)c4s3)c2)CC1. The van der Waals surface area contributed by atoms with Crippen LogP contribution in [0, 0.1) is 0 Å². The first kappa shape index (κ1) is 26.5. The Kier molecular flexibility index (Phi) is 6.95. The minimum absolute atomic E-state index is 0.534. The van der Waals surface area contributed by atoms with Crippen LogP contribution < -0.4 is 4.90 Å². The summed E-state index contributed by atoms with van der Waals surface area (Å²) in [6, 6.07) is 16.9.